The maximum absolute atomic E-state index is 12.5. The van der Waals surface area contributed by atoms with Crippen molar-refractivity contribution in [2.75, 3.05) is 18.6 Å². The van der Waals surface area contributed by atoms with Crippen LogP contribution in [0, 0.1) is 0 Å². The minimum absolute atomic E-state index is 0.133. The lowest BCUT2D eigenvalue weighted by Crippen LogP contribution is -2.47. The Bertz CT molecular complexity index is 692. The van der Waals surface area contributed by atoms with Gasteiger partial charge in [-0.3, -0.25) is 9.59 Å². The highest BCUT2D eigenvalue weighted by Gasteiger charge is 2.21. The van der Waals surface area contributed by atoms with E-state index in [1.54, 1.807) is 35.2 Å². The number of benzene rings is 1. The van der Waals surface area contributed by atoms with Crippen molar-refractivity contribution in [1.29, 1.82) is 0 Å². The normalized spacial score (nSPS) is 11.8. The lowest BCUT2D eigenvalue weighted by Gasteiger charge is -2.18. The number of hydrogen-bond donors (Lipinski definition) is 2. The molecular formula is C18H21BrN2O2S2. The van der Waals surface area contributed by atoms with Crippen LogP contribution >= 0.6 is 39.0 Å². The number of hydrogen-bond acceptors (Lipinski definition) is 4. The van der Waals surface area contributed by atoms with E-state index < -0.39 is 6.04 Å². The first-order chi connectivity index (χ1) is 12.1. The van der Waals surface area contributed by atoms with Crippen molar-refractivity contribution in [2.24, 2.45) is 0 Å². The molecular weight excluding hydrogens is 420 g/mol. The summed E-state index contributed by atoms with van der Waals surface area (Å²) in [4.78, 5) is 26.2. The zero-order chi connectivity index (χ0) is 18.1. The van der Waals surface area contributed by atoms with E-state index in [-0.39, 0.29) is 11.8 Å². The highest BCUT2D eigenvalue weighted by atomic mass is 79.9. The fourth-order valence-electron chi connectivity index (χ4n) is 2.27. The second kappa shape index (κ2) is 10.6. The van der Waals surface area contributed by atoms with Gasteiger partial charge in [-0.05, 0) is 64.4 Å². The lowest BCUT2D eigenvalue weighted by molar-refractivity contribution is -0.122. The average molecular weight is 441 g/mol. The number of carbonyl (C=O) groups is 2. The van der Waals surface area contributed by atoms with Gasteiger partial charge in [-0.1, -0.05) is 18.2 Å². The number of rotatable bonds is 9. The fraction of sp³-hybridized carbons (Fsp3) is 0.333. The molecule has 0 radical (unpaired) electrons. The Hall–Kier alpha value is -1.31. The molecule has 0 spiro atoms. The van der Waals surface area contributed by atoms with Gasteiger partial charge in [-0.2, -0.15) is 11.8 Å². The molecule has 7 heteroatoms. The van der Waals surface area contributed by atoms with Crippen LogP contribution in [0.25, 0.3) is 0 Å². The summed E-state index contributed by atoms with van der Waals surface area (Å²) in [5, 5.41) is 7.82. The Morgan fingerprint density at radius 2 is 2.04 bits per heavy atom. The minimum atomic E-state index is -0.532. The molecule has 0 aliphatic carbocycles. The van der Waals surface area contributed by atoms with E-state index in [0.29, 0.717) is 23.0 Å². The SMILES string of the molecule is CSCCC(NC(=O)c1ccccc1Br)C(=O)NCCc1cccs1. The Morgan fingerprint density at radius 3 is 2.72 bits per heavy atom. The molecule has 1 unspecified atom stereocenters. The topological polar surface area (TPSA) is 58.2 Å². The summed E-state index contributed by atoms with van der Waals surface area (Å²) in [6.07, 6.45) is 3.39. The predicted octanol–water partition coefficient (Wildman–Crippen LogP) is 3.72. The van der Waals surface area contributed by atoms with E-state index in [4.69, 9.17) is 0 Å². The summed E-state index contributed by atoms with van der Waals surface area (Å²) in [6, 6.07) is 10.7. The summed E-state index contributed by atoms with van der Waals surface area (Å²) >= 11 is 6.71. The molecule has 4 nitrogen and oxygen atoms in total. The highest BCUT2D eigenvalue weighted by molar-refractivity contribution is 9.10. The summed E-state index contributed by atoms with van der Waals surface area (Å²) in [7, 11) is 0. The molecule has 0 bridgehead atoms. The van der Waals surface area contributed by atoms with Gasteiger partial charge in [-0.15, -0.1) is 11.3 Å². The van der Waals surface area contributed by atoms with Crippen molar-refractivity contribution in [3.63, 3.8) is 0 Å². The van der Waals surface area contributed by atoms with E-state index in [2.05, 4.69) is 32.6 Å². The van der Waals surface area contributed by atoms with Crippen molar-refractivity contribution in [2.45, 2.75) is 18.9 Å². The van der Waals surface area contributed by atoms with Gasteiger partial charge in [0.2, 0.25) is 5.91 Å². The third-order valence-electron chi connectivity index (χ3n) is 3.60. The molecule has 1 heterocycles. The molecule has 1 aromatic carbocycles. The Labute approximate surface area is 164 Å². The van der Waals surface area contributed by atoms with Crippen LogP contribution in [-0.2, 0) is 11.2 Å². The molecule has 25 heavy (non-hydrogen) atoms. The average Bonchev–Trinajstić information content (AvgIpc) is 3.12. The molecule has 2 rings (SSSR count). The number of thioether (sulfide) groups is 1. The number of halogens is 1. The number of amides is 2. The first kappa shape index (κ1) is 20.0. The number of carbonyl (C=O) groups excluding carboxylic acids is 2. The third-order valence-corrected chi connectivity index (χ3v) is 5.87. The molecule has 1 atom stereocenters. The largest absolute Gasteiger partial charge is 0.354 e. The summed E-state index contributed by atoms with van der Waals surface area (Å²) in [6.45, 7) is 0.569. The van der Waals surface area contributed by atoms with Crippen molar-refractivity contribution in [3.8, 4) is 0 Å². The van der Waals surface area contributed by atoms with Gasteiger partial charge in [-0.25, -0.2) is 0 Å². The first-order valence-corrected chi connectivity index (χ1v) is 11.0. The molecule has 0 aliphatic rings. The molecule has 2 N–H and O–H groups in total. The van der Waals surface area contributed by atoms with Gasteiger partial charge in [0.05, 0.1) is 5.56 Å². The van der Waals surface area contributed by atoms with Crippen LogP contribution in [0.4, 0.5) is 0 Å². The molecule has 134 valence electrons. The Morgan fingerprint density at radius 1 is 1.24 bits per heavy atom. The second-order valence-electron chi connectivity index (χ2n) is 5.41. The van der Waals surface area contributed by atoms with Crippen LogP contribution in [0.1, 0.15) is 21.7 Å². The number of nitrogens with one attached hydrogen (secondary N) is 2. The molecule has 2 amide bonds. The maximum atomic E-state index is 12.5. The van der Waals surface area contributed by atoms with Gasteiger partial charge in [0.15, 0.2) is 0 Å². The van der Waals surface area contributed by atoms with Crippen molar-refractivity contribution in [3.05, 3.63) is 56.7 Å². The van der Waals surface area contributed by atoms with E-state index in [0.717, 1.165) is 12.2 Å². The fourth-order valence-corrected chi connectivity index (χ4v) is 3.92. The molecule has 0 fully saturated rings. The Kier molecular flexibility index (Phi) is 8.51. The quantitative estimate of drug-likeness (QED) is 0.624. The molecule has 1 aromatic heterocycles. The van der Waals surface area contributed by atoms with Crippen LogP contribution in [0.5, 0.6) is 0 Å². The molecule has 0 aliphatic heterocycles. The summed E-state index contributed by atoms with van der Waals surface area (Å²) < 4.78 is 0.717. The minimum Gasteiger partial charge on any atom is -0.354 e. The van der Waals surface area contributed by atoms with E-state index >= 15 is 0 Å². The van der Waals surface area contributed by atoms with Crippen molar-refractivity contribution >= 4 is 50.8 Å². The predicted molar refractivity (Wildman–Crippen MR) is 109 cm³/mol. The lowest BCUT2D eigenvalue weighted by atomic mass is 10.1. The van der Waals surface area contributed by atoms with Gasteiger partial charge in [0.25, 0.3) is 5.91 Å². The Balaban J connectivity index is 1.93. The van der Waals surface area contributed by atoms with Gasteiger partial charge in [0, 0.05) is 15.9 Å². The van der Waals surface area contributed by atoms with E-state index in [1.807, 2.05) is 29.8 Å². The van der Waals surface area contributed by atoms with Crippen LogP contribution in [0.15, 0.2) is 46.3 Å². The zero-order valence-electron chi connectivity index (χ0n) is 14.0. The van der Waals surface area contributed by atoms with E-state index in [1.165, 1.54) is 4.88 Å². The van der Waals surface area contributed by atoms with Gasteiger partial charge in [0.1, 0.15) is 6.04 Å². The number of thiophene rings is 1. The standard InChI is InChI=1S/C18H21BrN2O2S2/c1-24-12-9-16(18(23)20-10-8-13-5-4-11-25-13)21-17(22)14-6-2-3-7-15(14)19/h2-7,11,16H,8-10,12H2,1H3,(H,20,23)(H,21,22). The molecule has 0 saturated heterocycles. The molecule has 0 saturated carbocycles. The molecule has 2 aromatic rings. The maximum Gasteiger partial charge on any atom is 0.253 e. The van der Waals surface area contributed by atoms with Crippen LogP contribution in [0.2, 0.25) is 0 Å². The van der Waals surface area contributed by atoms with Crippen LogP contribution in [-0.4, -0.2) is 36.4 Å². The van der Waals surface area contributed by atoms with Crippen molar-refractivity contribution < 1.29 is 9.59 Å². The zero-order valence-corrected chi connectivity index (χ0v) is 17.2. The van der Waals surface area contributed by atoms with Crippen LogP contribution in [0.3, 0.4) is 0 Å². The van der Waals surface area contributed by atoms with E-state index in [9.17, 15) is 9.59 Å². The van der Waals surface area contributed by atoms with Crippen LogP contribution < -0.4 is 10.6 Å². The highest BCUT2D eigenvalue weighted by Crippen LogP contribution is 2.16. The summed E-state index contributed by atoms with van der Waals surface area (Å²) in [5.74, 6) is 0.428. The van der Waals surface area contributed by atoms with Gasteiger partial charge < -0.3 is 10.6 Å². The smallest absolute Gasteiger partial charge is 0.253 e. The second-order valence-corrected chi connectivity index (χ2v) is 8.28. The first-order valence-electron chi connectivity index (χ1n) is 7.96. The third kappa shape index (κ3) is 6.49. The van der Waals surface area contributed by atoms with Crippen molar-refractivity contribution in [1.82, 2.24) is 10.6 Å². The summed E-state index contributed by atoms with van der Waals surface area (Å²) in [5.41, 5.74) is 0.531. The monoisotopic (exact) mass is 440 g/mol. The van der Waals surface area contributed by atoms with Gasteiger partial charge >= 0.3 is 0 Å².